The fourth-order valence-corrected chi connectivity index (χ4v) is 6.29. The van der Waals surface area contributed by atoms with Gasteiger partial charge in [-0.2, -0.15) is 10.5 Å². The van der Waals surface area contributed by atoms with E-state index in [0.717, 1.165) is 47.9 Å². The molecule has 0 aromatic carbocycles. The van der Waals surface area contributed by atoms with Crippen LogP contribution < -0.4 is 0 Å². The van der Waals surface area contributed by atoms with Gasteiger partial charge in [0.05, 0.1) is 37.2 Å². The van der Waals surface area contributed by atoms with Crippen molar-refractivity contribution in [3.05, 3.63) is 47.3 Å². The van der Waals surface area contributed by atoms with Crippen molar-refractivity contribution in [2.75, 3.05) is 0 Å². The predicted octanol–water partition coefficient (Wildman–Crippen LogP) is 6.42. The lowest BCUT2D eigenvalue weighted by atomic mass is 9.57. The summed E-state index contributed by atoms with van der Waals surface area (Å²) in [6.07, 6.45) is 13.4. The van der Waals surface area contributed by atoms with Crippen molar-refractivity contribution in [2.24, 2.45) is 22.7 Å². The van der Waals surface area contributed by atoms with Gasteiger partial charge in [-0.25, -0.2) is 0 Å². The zero-order valence-corrected chi connectivity index (χ0v) is 22.7. The van der Waals surface area contributed by atoms with E-state index in [2.05, 4.69) is 26.0 Å². The summed E-state index contributed by atoms with van der Waals surface area (Å²) in [4.78, 5) is 0. The molecule has 2 heterocycles. The minimum atomic E-state index is -1.23. The zero-order chi connectivity index (χ0) is 26.8. The van der Waals surface area contributed by atoms with E-state index in [0.29, 0.717) is 37.5 Å². The first-order valence-corrected chi connectivity index (χ1v) is 13.2. The van der Waals surface area contributed by atoms with Gasteiger partial charge in [-0.05, 0) is 99.3 Å². The van der Waals surface area contributed by atoms with Gasteiger partial charge in [-0.3, -0.25) is 0 Å². The molecule has 2 aromatic heterocycles. The summed E-state index contributed by atoms with van der Waals surface area (Å²) in [5, 5.41) is 40.1. The lowest BCUT2D eigenvalue weighted by Crippen LogP contribution is -2.53. The highest BCUT2D eigenvalue weighted by molar-refractivity contribution is 5.26. The van der Waals surface area contributed by atoms with Crippen LogP contribution in [-0.4, -0.2) is 21.4 Å². The average Bonchev–Trinajstić information content (AvgIpc) is 3.44. The van der Waals surface area contributed by atoms with Crippen molar-refractivity contribution < 1.29 is 19.0 Å². The largest absolute Gasteiger partial charge is 0.472 e. The third-order valence-corrected chi connectivity index (χ3v) is 9.82. The summed E-state index contributed by atoms with van der Waals surface area (Å²) < 4.78 is 10.4. The second-order valence-electron chi connectivity index (χ2n) is 11.9. The minimum Gasteiger partial charge on any atom is -0.472 e. The number of aryl methyl sites for hydroxylation is 2. The van der Waals surface area contributed by atoms with Crippen LogP contribution in [0.2, 0.25) is 0 Å². The second kappa shape index (κ2) is 10.4. The molecule has 0 radical (unpaired) electrons. The van der Waals surface area contributed by atoms with E-state index >= 15 is 0 Å². The quantitative estimate of drug-likeness (QED) is 0.474. The molecule has 0 aliphatic heterocycles. The van der Waals surface area contributed by atoms with Crippen LogP contribution in [0.3, 0.4) is 0 Å². The Bertz CT molecular complexity index is 1030. The van der Waals surface area contributed by atoms with Gasteiger partial charge in [-0.1, -0.05) is 27.7 Å². The van der Waals surface area contributed by atoms with E-state index in [9.17, 15) is 20.7 Å². The molecule has 4 rings (SSSR count). The van der Waals surface area contributed by atoms with Crippen LogP contribution in [0, 0.1) is 59.2 Å². The summed E-state index contributed by atoms with van der Waals surface area (Å²) in [7, 11) is 0. The lowest BCUT2D eigenvalue weighted by Gasteiger charge is -2.48. The van der Waals surface area contributed by atoms with Crippen LogP contribution in [0.1, 0.15) is 88.5 Å². The first-order chi connectivity index (χ1) is 16.9. The van der Waals surface area contributed by atoms with E-state index in [4.69, 9.17) is 8.83 Å². The molecule has 0 amide bonds. The van der Waals surface area contributed by atoms with Gasteiger partial charge >= 0.3 is 0 Å². The molecule has 36 heavy (non-hydrogen) atoms. The molecule has 2 aromatic rings. The number of rotatable bonds is 4. The molecule has 0 saturated heterocycles. The number of hydrogen-bond acceptors (Lipinski definition) is 6. The molecule has 2 aliphatic rings. The van der Waals surface area contributed by atoms with Gasteiger partial charge in [0, 0.05) is 10.8 Å². The van der Waals surface area contributed by atoms with Gasteiger partial charge in [0.1, 0.15) is 0 Å². The smallest absolute Gasteiger partial charge is 0.156 e. The molecule has 0 spiro atoms. The molecule has 6 heteroatoms. The summed E-state index contributed by atoms with van der Waals surface area (Å²) in [5.41, 5.74) is 1.11. The molecule has 2 aliphatic carbocycles. The third-order valence-electron chi connectivity index (χ3n) is 9.82. The van der Waals surface area contributed by atoms with Crippen molar-refractivity contribution in [3.8, 4) is 12.1 Å². The molecular weight excluding hydrogens is 452 g/mol. The standard InChI is InChI=1S/2C15H21NO2/c2*1-11-8-18-9-13(11)7-14(3)12(2)5-4-6-15(14,17)10-16/h2*8-9,12,17H,4-7H2,1-3H3/t2*12-,14+,15-/m00/s1. The monoisotopic (exact) mass is 494 g/mol. The molecular formula is C30H42N2O4. The molecule has 2 N–H and O–H groups in total. The normalized spacial score (nSPS) is 36.3. The maximum Gasteiger partial charge on any atom is 0.156 e. The topological polar surface area (TPSA) is 114 Å². The Hall–Kier alpha value is -2.54. The van der Waals surface area contributed by atoms with E-state index in [1.807, 2.05) is 27.7 Å². The molecule has 6 atom stereocenters. The average molecular weight is 495 g/mol. The van der Waals surface area contributed by atoms with Crippen molar-refractivity contribution >= 4 is 0 Å². The highest BCUT2D eigenvalue weighted by Crippen LogP contribution is 2.51. The Kier molecular flexibility index (Phi) is 8.13. The van der Waals surface area contributed by atoms with Gasteiger partial charge in [-0.15, -0.1) is 0 Å². The number of furan rings is 2. The van der Waals surface area contributed by atoms with Crippen LogP contribution in [0.4, 0.5) is 0 Å². The van der Waals surface area contributed by atoms with Crippen LogP contribution in [0.5, 0.6) is 0 Å². The van der Waals surface area contributed by atoms with E-state index in [1.165, 1.54) is 0 Å². The van der Waals surface area contributed by atoms with Gasteiger partial charge in [0.15, 0.2) is 11.2 Å². The number of nitriles is 2. The SMILES string of the molecule is Cc1cocc1C[C@]1(C)[C@@H](C)CCC[C@]1(O)C#N.Cc1cocc1C[C@]1(C)[C@@H](C)CCC[C@]1(O)C#N. The maximum absolute atomic E-state index is 10.7. The lowest BCUT2D eigenvalue weighted by molar-refractivity contribution is -0.0914. The first kappa shape index (κ1) is 28.0. The maximum atomic E-state index is 10.7. The zero-order valence-electron chi connectivity index (χ0n) is 22.7. The van der Waals surface area contributed by atoms with Crippen LogP contribution >= 0.6 is 0 Å². The highest BCUT2D eigenvalue weighted by Gasteiger charge is 2.54. The molecule has 0 unspecified atom stereocenters. The second-order valence-corrected chi connectivity index (χ2v) is 11.9. The molecule has 0 bridgehead atoms. The fraction of sp³-hybridized carbons (Fsp3) is 0.667. The number of hydrogen-bond donors (Lipinski definition) is 2. The van der Waals surface area contributed by atoms with E-state index in [-0.39, 0.29) is 0 Å². The van der Waals surface area contributed by atoms with Gasteiger partial charge < -0.3 is 19.0 Å². The van der Waals surface area contributed by atoms with Crippen LogP contribution in [0.15, 0.2) is 33.9 Å². The number of nitrogens with zero attached hydrogens (tertiary/aromatic N) is 2. The Morgan fingerprint density at radius 3 is 1.42 bits per heavy atom. The van der Waals surface area contributed by atoms with Gasteiger partial charge in [0.25, 0.3) is 0 Å². The predicted molar refractivity (Wildman–Crippen MR) is 138 cm³/mol. The Morgan fingerprint density at radius 2 is 1.14 bits per heavy atom. The molecule has 2 fully saturated rings. The Balaban J connectivity index is 0.000000201. The fourth-order valence-electron chi connectivity index (χ4n) is 6.29. The minimum absolute atomic E-state index is 0.324. The Morgan fingerprint density at radius 1 is 0.778 bits per heavy atom. The van der Waals surface area contributed by atoms with Crippen molar-refractivity contribution in [3.63, 3.8) is 0 Å². The summed E-state index contributed by atoms with van der Waals surface area (Å²) in [5.74, 6) is 0.649. The van der Waals surface area contributed by atoms with Gasteiger partial charge in [0.2, 0.25) is 0 Å². The molecule has 2 saturated carbocycles. The van der Waals surface area contributed by atoms with Crippen LogP contribution in [-0.2, 0) is 12.8 Å². The van der Waals surface area contributed by atoms with Crippen molar-refractivity contribution in [1.29, 1.82) is 10.5 Å². The Labute approximate surface area is 215 Å². The van der Waals surface area contributed by atoms with Crippen molar-refractivity contribution in [1.82, 2.24) is 0 Å². The van der Waals surface area contributed by atoms with Crippen LogP contribution in [0.25, 0.3) is 0 Å². The van der Waals surface area contributed by atoms with E-state index < -0.39 is 22.0 Å². The molecule has 196 valence electrons. The summed E-state index contributed by atoms with van der Waals surface area (Å²) >= 11 is 0. The van der Waals surface area contributed by atoms with Crippen molar-refractivity contribution in [2.45, 2.75) is 104 Å². The highest BCUT2D eigenvalue weighted by atomic mass is 16.3. The molecule has 6 nitrogen and oxygen atoms in total. The third kappa shape index (κ3) is 4.86. The number of aliphatic hydroxyl groups is 2. The van der Waals surface area contributed by atoms with E-state index in [1.54, 1.807) is 25.1 Å². The first-order valence-electron chi connectivity index (χ1n) is 13.2. The summed E-state index contributed by atoms with van der Waals surface area (Å²) in [6.45, 7) is 12.3. The summed E-state index contributed by atoms with van der Waals surface area (Å²) in [6, 6.07) is 4.32.